The van der Waals surface area contributed by atoms with E-state index in [9.17, 15) is 0 Å². The van der Waals surface area contributed by atoms with Crippen LogP contribution in [0.1, 0.15) is 58.3 Å². The second-order valence-electron chi connectivity index (χ2n) is 9.69. The molecular weight excluding hydrogens is 328 g/mol. The molecule has 6 rings (SSSR count). The van der Waals surface area contributed by atoms with Crippen molar-refractivity contribution < 1.29 is 18.9 Å². The Morgan fingerprint density at radius 3 is 2.73 bits per heavy atom. The number of allylic oxidation sites excluding steroid dienone is 2. The van der Waals surface area contributed by atoms with Crippen molar-refractivity contribution in [2.24, 2.45) is 23.2 Å². The third-order valence-electron chi connectivity index (χ3n) is 8.99. The van der Waals surface area contributed by atoms with E-state index in [1.165, 1.54) is 32.1 Å². The zero-order valence-corrected chi connectivity index (χ0v) is 16.0. The van der Waals surface area contributed by atoms with Crippen LogP contribution in [0.4, 0.5) is 0 Å². The summed E-state index contributed by atoms with van der Waals surface area (Å²) in [5, 5.41) is 0. The molecule has 0 N–H and O–H groups in total. The van der Waals surface area contributed by atoms with Crippen LogP contribution in [0.15, 0.2) is 11.6 Å². The number of rotatable bonds is 0. The van der Waals surface area contributed by atoms with Crippen LogP contribution in [0.5, 0.6) is 0 Å². The number of hydrogen-bond donors (Lipinski definition) is 0. The van der Waals surface area contributed by atoms with Crippen molar-refractivity contribution in [2.45, 2.75) is 75.8 Å². The maximum Gasteiger partial charge on any atom is 0.200 e. The zero-order chi connectivity index (χ0) is 17.4. The standard InChI is InChI=1S/C22H32O4/c1-20-8-3-2-4-15(20)5-6-16-17-7-9-21-22(17,26-13-12-25-21)19(14-18(16)20)23-10-11-24-21/h5,16-19H,2-4,6-14H2,1H3/t16-,17-,18-,19?,20-,21?,22-/m0/s1. The highest BCUT2D eigenvalue weighted by atomic mass is 16.8. The summed E-state index contributed by atoms with van der Waals surface area (Å²) in [5.41, 5.74) is 1.75. The van der Waals surface area contributed by atoms with Gasteiger partial charge in [-0.05, 0) is 61.7 Å². The van der Waals surface area contributed by atoms with Crippen LogP contribution in [0, 0.1) is 23.2 Å². The molecule has 4 heteroatoms. The summed E-state index contributed by atoms with van der Waals surface area (Å²) in [6.45, 7) is 5.18. The molecule has 0 amide bonds. The van der Waals surface area contributed by atoms with E-state index in [1.54, 1.807) is 5.57 Å². The number of hydrogen-bond acceptors (Lipinski definition) is 4. The molecule has 1 spiro atoms. The summed E-state index contributed by atoms with van der Waals surface area (Å²) >= 11 is 0. The summed E-state index contributed by atoms with van der Waals surface area (Å²) in [6.07, 6.45) is 12.6. The lowest BCUT2D eigenvalue weighted by atomic mass is 9.49. The smallest absolute Gasteiger partial charge is 0.200 e. The Morgan fingerprint density at radius 2 is 1.81 bits per heavy atom. The molecule has 0 radical (unpaired) electrons. The van der Waals surface area contributed by atoms with E-state index in [0.717, 1.165) is 25.2 Å². The fourth-order valence-electron chi connectivity index (χ4n) is 7.99. The van der Waals surface area contributed by atoms with Gasteiger partial charge in [0.15, 0.2) is 5.60 Å². The average molecular weight is 360 g/mol. The van der Waals surface area contributed by atoms with Crippen LogP contribution in [-0.4, -0.2) is 43.9 Å². The molecule has 5 fully saturated rings. The Labute approximate surface area is 156 Å². The van der Waals surface area contributed by atoms with E-state index in [1.807, 2.05) is 0 Å². The molecule has 4 aliphatic carbocycles. The number of fused-ring (bicyclic) bond motifs is 4. The Kier molecular flexibility index (Phi) is 3.53. The van der Waals surface area contributed by atoms with Gasteiger partial charge in [0, 0.05) is 6.42 Å². The quantitative estimate of drug-likeness (QED) is 0.615. The van der Waals surface area contributed by atoms with E-state index in [2.05, 4.69) is 13.0 Å². The first-order valence-electron chi connectivity index (χ1n) is 10.9. The van der Waals surface area contributed by atoms with Gasteiger partial charge in [0.1, 0.15) is 0 Å². The first-order chi connectivity index (χ1) is 12.7. The Balaban J connectivity index is 1.46. The van der Waals surface area contributed by atoms with E-state index in [4.69, 9.17) is 18.9 Å². The van der Waals surface area contributed by atoms with Crippen molar-refractivity contribution in [1.29, 1.82) is 0 Å². The minimum Gasteiger partial charge on any atom is -0.373 e. The van der Waals surface area contributed by atoms with Crippen molar-refractivity contribution in [3.63, 3.8) is 0 Å². The second kappa shape index (κ2) is 5.56. The molecule has 3 saturated carbocycles. The monoisotopic (exact) mass is 360 g/mol. The summed E-state index contributed by atoms with van der Waals surface area (Å²) < 4.78 is 25.9. The van der Waals surface area contributed by atoms with Gasteiger partial charge in [0.2, 0.25) is 5.79 Å². The van der Waals surface area contributed by atoms with E-state index < -0.39 is 5.79 Å². The molecule has 144 valence electrons. The van der Waals surface area contributed by atoms with Gasteiger partial charge in [-0.25, -0.2) is 0 Å². The summed E-state index contributed by atoms with van der Waals surface area (Å²) in [6, 6.07) is 0. The molecular formula is C22H32O4. The maximum absolute atomic E-state index is 6.65. The molecule has 2 saturated heterocycles. The molecule has 2 aliphatic heterocycles. The average Bonchev–Trinajstić information content (AvgIpc) is 2.91. The maximum atomic E-state index is 6.65. The summed E-state index contributed by atoms with van der Waals surface area (Å²) in [7, 11) is 0. The third-order valence-corrected chi connectivity index (χ3v) is 8.99. The van der Waals surface area contributed by atoms with Gasteiger partial charge in [-0.1, -0.05) is 25.0 Å². The first kappa shape index (κ1) is 16.5. The van der Waals surface area contributed by atoms with Crippen molar-refractivity contribution in [3.8, 4) is 0 Å². The van der Waals surface area contributed by atoms with Crippen LogP contribution in [-0.2, 0) is 18.9 Å². The topological polar surface area (TPSA) is 36.9 Å². The minimum atomic E-state index is -0.556. The predicted octanol–water partition coefficient (Wildman–Crippen LogP) is 3.84. The third kappa shape index (κ3) is 1.85. The van der Waals surface area contributed by atoms with Crippen LogP contribution in [0.25, 0.3) is 0 Å². The highest BCUT2D eigenvalue weighted by Crippen LogP contribution is 2.67. The fourth-order valence-corrected chi connectivity index (χ4v) is 7.99. The van der Waals surface area contributed by atoms with E-state index in [0.29, 0.717) is 43.7 Å². The zero-order valence-electron chi connectivity index (χ0n) is 16.0. The van der Waals surface area contributed by atoms with Gasteiger partial charge in [-0.3, -0.25) is 0 Å². The molecule has 2 unspecified atom stereocenters. The Bertz CT molecular complexity index is 632. The van der Waals surface area contributed by atoms with Crippen molar-refractivity contribution in [3.05, 3.63) is 11.6 Å². The Hall–Kier alpha value is -0.420. The molecule has 2 heterocycles. The van der Waals surface area contributed by atoms with E-state index in [-0.39, 0.29) is 11.7 Å². The highest BCUT2D eigenvalue weighted by molar-refractivity contribution is 5.28. The van der Waals surface area contributed by atoms with Crippen LogP contribution in [0.2, 0.25) is 0 Å². The van der Waals surface area contributed by atoms with Crippen molar-refractivity contribution in [2.75, 3.05) is 26.4 Å². The molecule has 0 aromatic heterocycles. The van der Waals surface area contributed by atoms with Gasteiger partial charge in [-0.2, -0.15) is 0 Å². The minimum absolute atomic E-state index is 0.122. The lowest BCUT2D eigenvalue weighted by Crippen LogP contribution is -2.71. The molecule has 0 aromatic rings. The molecule has 26 heavy (non-hydrogen) atoms. The molecule has 0 aromatic carbocycles. The normalized spacial score (nSPS) is 55.7. The van der Waals surface area contributed by atoms with Crippen molar-refractivity contribution in [1.82, 2.24) is 0 Å². The van der Waals surface area contributed by atoms with Crippen LogP contribution >= 0.6 is 0 Å². The largest absolute Gasteiger partial charge is 0.373 e. The van der Waals surface area contributed by atoms with Gasteiger partial charge >= 0.3 is 0 Å². The summed E-state index contributed by atoms with van der Waals surface area (Å²) in [4.78, 5) is 0. The van der Waals surface area contributed by atoms with Crippen LogP contribution in [0.3, 0.4) is 0 Å². The highest BCUT2D eigenvalue weighted by Gasteiger charge is 2.74. The summed E-state index contributed by atoms with van der Waals surface area (Å²) in [5.74, 6) is 1.36. The lowest BCUT2D eigenvalue weighted by molar-refractivity contribution is -0.379. The van der Waals surface area contributed by atoms with Gasteiger partial charge in [0.25, 0.3) is 0 Å². The molecule has 0 bridgehead atoms. The van der Waals surface area contributed by atoms with Crippen molar-refractivity contribution >= 4 is 0 Å². The first-order valence-corrected chi connectivity index (χ1v) is 10.9. The Morgan fingerprint density at radius 1 is 0.962 bits per heavy atom. The second-order valence-corrected chi connectivity index (χ2v) is 9.69. The van der Waals surface area contributed by atoms with Gasteiger partial charge < -0.3 is 18.9 Å². The molecule has 7 atom stereocenters. The van der Waals surface area contributed by atoms with Gasteiger partial charge in [-0.15, -0.1) is 0 Å². The molecule has 4 nitrogen and oxygen atoms in total. The predicted molar refractivity (Wildman–Crippen MR) is 96.7 cm³/mol. The van der Waals surface area contributed by atoms with Gasteiger partial charge in [0.05, 0.1) is 32.5 Å². The lowest BCUT2D eigenvalue weighted by Gasteiger charge is -2.62. The SMILES string of the molecule is C[C@]12CCCCC1=CC[C@@H]1[C@@H]2CC2OCCOC34CC[C@@H]1[C@]23OCCO4. The molecule has 6 aliphatic rings. The van der Waals surface area contributed by atoms with E-state index >= 15 is 0 Å². The van der Waals surface area contributed by atoms with Crippen LogP contribution < -0.4 is 0 Å². The fraction of sp³-hybridized carbons (Fsp3) is 0.909. The number of ether oxygens (including phenoxy) is 4.